The first kappa shape index (κ1) is 11.8. The van der Waals surface area contributed by atoms with Crippen LogP contribution in [-0.4, -0.2) is 16.5 Å². The summed E-state index contributed by atoms with van der Waals surface area (Å²) in [6.07, 6.45) is 9.55. The molecule has 1 N–H and O–H groups in total. The monoisotopic (exact) mass is 230 g/mol. The first-order chi connectivity index (χ1) is 8.29. The molecule has 1 aliphatic rings. The zero-order valence-corrected chi connectivity index (χ0v) is 10.2. The van der Waals surface area contributed by atoms with Crippen LogP contribution in [0, 0.1) is 16.7 Å². The quantitative estimate of drug-likeness (QED) is 0.863. The number of anilines is 1. The molecule has 1 aliphatic carbocycles. The molecule has 2 rings (SSSR count). The molecular weight excluding hydrogens is 212 g/mol. The van der Waals surface area contributed by atoms with Crippen molar-refractivity contribution in [1.82, 2.24) is 9.97 Å². The molecule has 17 heavy (non-hydrogen) atoms. The topological polar surface area (TPSA) is 61.6 Å². The van der Waals surface area contributed by atoms with Gasteiger partial charge in [0.15, 0.2) is 11.5 Å². The molecule has 0 bridgehead atoms. The van der Waals surface area contributed by atoms with E-state index in [0.29, 0.717) is 16.9 Å². The van der Waals surface area contributed by atoms with Crippen LogP contribution in [0.1, 0.15) is 44.7 Å². The Morgan fingerprint density at radius 2 is 2.06 bits per heavy atom. The summed E-state index contributed by atoms with van der Waals surface area (Å²) >= 11 is 0. The molecule has 0 atom stereocenters. The first-order valence-electron chi connectivity index (χ1n) is 6.25. The van der Waals surface area contributed by atoms with Crippen LogP contribution < -0.4 is 5.32 Å². The lowest BCUT2D eigenvalue weighted by Gasteiger charge is -2.27. The lowest BCUT2D eigenvalue weighted by Crippen LogP contribution is -2.26. The maximum Gasteiger partial charge on any atom is 0.182 e. The van der Waals surface area contributed by atoms with Crippen molar-refractivity contribution in [3.05, 3.63) is 18.1 Å². The summed E-state index contributed by atoms with van der Waals surface area (Å²) in [5.41, 5.74) is 0.779. The number of hydrogen-bond donors (Lipinski definition) is 1. The van der Waals surface area contributed by atoms with Crippen LogP contribution in [0.15, 0.2) is 12.4 Å². The van der Waals surface area contributed by atoms with Crippen LogP contribution in [0.25, 0.3) is 0 Å². The van der Waals surface area contributed by atoms with Gasteiger partial charge in [0.25, 0.3) is 0 Å². The number of aromatic nitrogens is 2. The summed E-state index contributed by atoms with van der Waals surface area (Å²) in [5.74, 6) is 0.620. The Hall–Kier alpha value is -1.63. The summed E-state index contributed by atoms with van der Waals surface area (Å²) < 4.78 is 0. The summed E-state index contributed by atoms with van der Waals surface area (Å²) in [7, 11) is 0. The zero-order chi connectivity index (χ0) is 12.1. The zero-order valence-electron chi connectivity index (χ0n) is 10.2. The lowest BCUT2D eigenvalue weighted by molar-refractivity contribution is 0.306. The minimum absolute atomic E-state index is 0.386. The second kappa shape index (κ2) is 5.13. The fourth-order valence-corrected chi connectivity index (χ4v) is 2.60. The number of rotatable bonds is 4. The molecule has 90 valence electrons. The van der Waals surface area contributed by atoms with E-state index in [1.807, 2.05) is 0 Å². The molecule has 1 heterocycles. The molecule has 0 saturated heterocycles. The predicted molar refractivity (Wildman–Crippen MR) is 66.4 cm³/mol. The van der Waals surface area contributed by atoms with Crippen LogP contribution in [-0.2, 0) is 0 Å². The van der Waals surface area contributed by atoms with E-state index < -0.39 is 0 Å². The van der Waals surface area contributed by atoms with Crippen molar-refractivity contribution in [3.8, 4) is 6.07 Å². The molecule has 0 spiro atoms. The molecule has 1 aromatic heterocycles. The van der Waals surface area contributed by atoms with E-state index >= 15 is 0 Å². The Balaban J connectivity index is 2.04. The third-order valence-corrected chi connectivity index (χ3v) is 3.85. The predicted octanol–water partition coefficient (Wildman–Crippen LogP) is 2.73. The summed E-state index contributed by atoms with van der Waals surface area (Å²) in [4.78, 5) is 8.18. The lowest BCUT2D eigenvalue weighted by atomic mass is 9.83. The molecule has 1 fully saturated rings. The Labute approximate surface area is 102 Å². The van der Waals surface area contributed by atoms with Gasteiger partial charge in [-0.05, 0) is 24.7 Å². The Morgan fingerprint density at radius 1 is 1.35 bits per heavy atom. The highest BCUT2D eigenvalue weighted by Crippen LogP contribution is 2.40. The van der Waals surface area contributed by atoms with Gasteiger partial charge < -0.3 is 5.32 Å². The molecule has 1 aromatic rings. The van der Waals surface area contributed by atoms with E-state index in [1.165, 1.54) is 32.1 Å². The Bertz CT molecular complexity index is 416. The standard InChI is InChI=1S/C13H18N4/c1-2-13(5-3-4-6-13)10-17-12-11(9-14)15-7-8-16-12/h7-8H,2-6,10H2,1H3,(H,16,17). The van der Waals surface area contributed by atoms with E-state index in [0.717, 1.165) is 6.54 Å². The number of hydrogen-bond acceptors (Lipinski definition) is 4. The number of nitrogens with one attached hydrogen (secondary N) is 1. The van der Waals surface area contributed by atoms with E-state index in [2.05, 4.69) is 28.3 Å². The fraction of sp³-hybridized carbons (Fsp3) is 0.615. The maximum absolute atomic E-state index is 8.94. The molecule has 4 heteroatoms. The second-order valence-corrected chi connectivity index (χ2v) is 4.78. The van der Waals surface area contributed by atoms with Crippen LogP contribution in [0.4, 0.5) is 5.82 Å². The smallest absolute Gasteiger partial charge is 0.182 e. The fourth-order valence-electron chi connectivity index (χ4n) is 2.60. The highest BCUT2D eigenvalue weighted by atomic mass is 15.0. The highest BCUT2D eigenvalue weighted by molar-refractivity contribution is 5.46. The summed E-state index contributed by atoms with van der Waals surface area (Å²) in [6, 6.07) is 2.07. The molecule has 0 radical (unpaired) electrons. The van der Waals surface area contributed by atoms with Gasteiger partial charge >= 0.3 is 0 Å². The van der Waals surface area contributed by atoms with Crippen molar-refractivity contribution >= 4 is 5.82 Å². The molecule has 4 nitrogen and oxygen atoms in total. The summed E-state index contributed by atoms with van der Waals surface area (Å²) in [5, 5.41) is 12.2. The van der Waals surface area contributed by atoms with Crippen LogP contribution in [0.5, 0.6) is 0 Å². The van der Waals surface area contributed by atoms with Crippen molar-refractivity contribution in [3.63, 3.8) is 0 Å². The van der Waals surface area contributed by atoms with Crippen LogP contribution in [0.2, 0.25) is 0 Å². The van der Waals surface area contributed by atoms with Gasteiger partial charge in [-0.1, -0.05) is 19.8 Å². The van der Waals surface area contributed by atoms with E-state index in [9.17, 15) is 0 Å². The van der Waals surface area contributed by atoms with Crippen molar-refractivity contribution in [2.75, 3.05) is 11.9 Å². The number of nitrogens with zero attached hydrogens (tertiary/aromatic N) is 3. The minimum atomic E-state index is 0.386. The van der Waals surface area contributed by atoms with Gasteiger partial charge in [-0.15, -0.1) is 0 Å². The average molecular weight is 230 g/mol. The van der Waals surface area contributed by atoms with Crippen LogP contribution >= 0.6 is 0 Å². The Morgan fingerprint density at radius 3 is 2.71 bits per heavy atom. The Kier molecular flexibility index (Phi) is 3.58. The van der Waals surface area contributed by atoms with Gasteiger partial charge in [-0.25, -0.2) is 9.97 Å². The van der Waals surface area contributed by atoms with Gasteiger partial charge in [0.2, 0.25) is 0 Å². The van der Waals surface area contributed by atoms with Gasteiger partial charge in [-0.2, -0.15) is 5.26 Å². The average Bonchev–Trinajstić information content (AvgIpc) is 2.86. The summed E-state index contributed by atoms with van der Waals surface area (Å²) in [6.45, 7) is 3.14. The molecule has 0 unspecified atom stereocenters. The van der Waals surface area contributed by atoms with E-state index in [4.69, 9.17) is 5.26 Å². The van der Waals surface area contributed by atoms with Crippen molar-refractivity contribution in [2.24, 2.45) is 5.41 Å². The normalized spacial score (nSPS) is 17.6. The van der Waals surface area contributed by atoms with Crippen molar-refractivity contribution < 1.29 is 0 Å². The molecular formula is C13H18N4. The third-order valence-electron chi connectivity index (χ3n) is 3.85. The van der Waals surface area contributed by atoms with Gasteiger partial charge in [0.05, 0.1) is 0 Å². The minimum Gasteiger partial charge on any atom is -0.367 e. The molecule has 0 aromatic carbocycles. The van der Waals surface area contributed by atoms with Gasteiger partial charge in [-0.3, -0.25) is 0 Å². The van der Waals surface area contributed by atoms with Gasteiger partial charge in [0.1, 0.15) is 6.07 Å². The van der Waals surface area contributed by atoms with Crippen molar-refractivity contribution in [1.29, 1.82) is 5.26 Å². The maximum atomic E-state index is 8.94. The van der Waals surface area contributed by atoms with E-state index in [1.54, 1.807) is 12.4 Å². The third kappa shape index (κ3) is 2.55. The molecule has 1 saturated carbocycles. The second-order valence-electron chi connectivity index (χ2n) is 4.78. The number of nitriles is 1. The SMILES string of the molecule is CCC1(CNc2nccnc2C#N)CCCC1. The largest absolute Gasteiger partial charge is 0.367 e. The molecule has 0 aliphatic heterocycles. The highest BCUT2D eigenvalue weighted by Gasteiger charge is 2.31. The van der Waals surface area contributed by atoms with Crippen LogP contribution in [0.3, 0.4) is 0 Å². The molecule has 0 amide bonds. The first-order valence-corrected chi connectivity index (χ1v) is 6.25. The van der Waals surface area contributed by atoms with Gasteiger partial charge in [0, 0.05) is 18.9 Å². The van der Waals surface area contributed by atoms with E-state index in [-0.39, 0.29) is 0 Å². The van der Waals surface area contributed by atoms with Crippen molar-refractivity contribution in [2.45, 2.75) is 39.0 Å².